The lowest BCUT2D eigenvalue weighted by atomic mass is 9.96. The summed E-state index contributed by atoms with van der Waals surface area (Å²) >= 11 is 0. The second-order valence-corrected chi connectivity index (χ2v) is 4.58. The van der Waals surface area contributed by atoms with Crippen LogP contribution in [-0.4, -0.2) is 31.2 Å². The van der Waals surface area contributed by atoms with Crippen molar-refractivity contribution in [1.29, 1.82) is 0 Å². The van der Waals surface area contributed by atoms with Gasteiger partial charge in [0.25, 0.3) is 0 Å². The summed E-state index contributed by atoms with van der Waals surface area (Å²) in [4.78, 5) is 11.9. The highest BCUT2D eigenvalue weighted by atomic mass is 16.5. The van der Waals surface area contributed by atoms with E-state index in [2.05, 4.69) is 12.2 Å². The molecule has 0 saturated carbocycles. The van der Waals surface area contributed by atoms with Gasteiger partial charge < -0.3 is 15.8 Å². The summed E-state index contributed by atoms with van der Waals surface area (Å²) < 4.78 is 5.07. The van der Waals surface area contributed by atoms with Crippen LogP contribution in [0.15, 0.2) is 0 Å². The fourth-order valence-electron chi connectivity index (χ4n) is 1.73. The number of amides is 1. The number of hydrogen-bond donors (Lipinski definition) is 2. The van der Waals surface area contributed by atoms with Crippen molar-refractivity contribution in [3.8, 4) is 0 Å². The van der Waals surface area contributed by atoms with Gasteiger partial charge in [0.05, 0.1) is 18.2 Å². The Labute approximate surface area is 98.9 Å². The Bertz CT molecular complexity index is 199. The average Bonchev–Trinajstić information content (AvgIpc) is 2.18. The largest absolute Gasteiger partial charge is 0.383 e. The van der Waals surface area contributed by atoms with Crippen molar-refractivity contribution in [2.45, 2.75) is 58.0 Å². The van der Waals surface area contributed by atoms with Gasteiger partial charge in [-0.3, -0.25) is 4.79 Å². The molecule has 96 valence electrons. The molecule has 0 aliphatic carbocycles. The fourth-order valence-corrected chi connectivity index (χ4v) is 1.73. The number of carbonyl (C=O) groups is 1. The summed E-state index contributed by atoms with van der Waals surface area (Å²) in [6, 6.07) is 0.0715. The van der Waals surface area contributed by atoms with E-state index >= 15 is 0 Å². The molecule has 0 bridgehead atoms. The smallest absolute Gasteiger partial charge is 0.240 e. The molecule has 0 spiro atoms. The summed E-state index contributed by atoms with van der Waals surface area (Å²) in [6.07, 6.45) is 3.54. The van der Waals surface area contributed by atoms with Crippen LogP contribution < -0.4 is 11.1 Å². The number of nitrogens with two attached hydrogens (primary N) is 1. The Hall–Kier alpha value is -0.610. The number of methoxy groups -OCH3 is 1. The maximum absolute atomic E-state index is 11.9. The quantitative estimate of drug-likeness (QED) is 0.663. The minimum Gasteiger partial charge on any atom is -0.383 e. The maximum atomic E-state index is 11.9. The van der Waals surface area contributed by atoms with E-state index in [1.54, 1.807) is 14.0 Å². The third-order valence-corrected chi connectivity index (χ3v) is 2.63. The standard InChI is InChI=1S/C12H26N2O2/c1-5-7-10(9-16-4)14-11(15)12(3,13)8-6-2/h10H,5-9,13H2,1-4H3,(H,14,15). The molecule has 0 aromatic rings. The van der Waals surface area contributed by atoms with Crippen LogP contribution in [0, 0.1) is 0 Å². The van der Waals surface area contributed by atoms with Gasteiger partial charge in [0.15, 0.2) is 0 Å². The molecule has 0 aromatic carbocycles. The first-order valence-corrected chi connectivity index (χ1v) is 6.06. The molecular weight excluding hydrogens is 204 g/mol. The van der Waals surface area contributed by atoms with Crippen LogP contribution in [0.2, 0.25) is 0 Å². The Morgan fingerprint density at radius 2 is 2.06 bits per heavy atom. The molecule has 0 aliphatic heterocycles. The van der Waals surface area contributed by atoms with Gasteiger partial charge in [0.1, 0.15) is 0 Å². The first kappa shape index (κ1) is 15.4. The van der Waals surface area contributed by atoms with Crippen molar-refractivity contribution in [1.82, 2.24) is 5.32 Å². The molecule has 0 heterocycles. The van der Waals surface area contributed by atoms with Gasteiger partial charge in [-0.1, -0.05) is 26.7 Å². The van der Waals surface area contributed by atoms with Gasteiger partial charge in [0, 0.05) is 7.11 Å². The number of carbonyl (C=O) groups excluding carboxylic acids is 1. The highest BCUT2D eigenvalue weighted by Gasteiger charge is 2.28. The summed E-state index contributed by atoms with van der Waals surface area (Å²) in [6.45, 7) is 6.43. The van der Waals surface area contributed by atoms with E-state index in [-0.39, 0.29) is 11.9 Å². The summed E-state index contributed by atoms with van der Waals surface area (Å²) in [5.74, 6) is -0.0788. The molecule has 0 radical (unpaired) electrons. The first-order chi connectivity index (χ1) is 7.47. The lowest BCUT2D eigenvalue weighted by Gasteiger charge is -2.26. The van der Waals surface area contributed by atoms with Crippen LogP contribution in [0.4, 0.5) is 0 Å². The van der Waals surface area contributed by atoms with E-state index in [0.29, 0.717) is 13.0 Å². The second kappa shape index (κ2) is 7.63. The van der Waals surface area contributed by atoms with E-state index < -0.39 is 5.54 Å². The Kier molecular flexibility index (Phi) is 7.34. The molecule has 0 rings (SSSR count). The monoisotopic (exact) mass is 230 g/mol. The minimum absolute atomic E-state index is 0.0715. The van der Waals surface area contributed by atoms with Crippen LogP contribution in [0.5, 0.6) is 0 Å². The number of nitrogens with one attached hydrogen (secondary N) is 1. The van der Waals surface area contributed by atoms with E-state index in [1.165, 1.54) is 0 Å². The van der Waals surface area contributed by atoms with Crippen molar-refractivity contribution in [3.63, 3.8) is 0 Å². The molecule has 2 atom stereocenters. The first-order valence-electron chi connectivity index (χ1n) is 6.06. The minimum atomic E-state index is -0.769. The summed E-state index contributed by atoms with van der Waals surface area (Å²) in [5.41, 5.74) is 5.19. The molecule has 3 N–H and O–H groups in total. The van der Waals surface area contributed by atoms with E-state index in [1.807, 2.05) is 6.92 Å². The molecule has 0 aliphatic rings. The number of hydrogen-bond acceptors (Lipinski definition) is 3. The van der Waals surface area contributed by atoms with E-state index in [4.69, 9.17) is 10.5 Å². The predicted molar refractivity (Wildman–Crippen MR) is 66.2 cm³/mol. The van der Waals surface area contributed by atoms with Crippen LogP contribution in [0.3, 0.4) is 0 Å². The lowest BCUT2D eigenvalue weighted by molar-refractivity contribution is -0.127. The topological polar surface area (TPSA) is 64.3 Å². The fraction of sp³-hybridized carbons (Fsp3) is 0.917. The molecule has 0 saturated heterocycles. The zero-order valence-electron chi connectivity index (χ0n) is 11.0. The zero-order valence-corrected chi connectivity index (χ0v) is 11.0. The van der Waals surface area contributed by atoms with E-state index in [9.17, 15) is 4.79 Å². The molecule has 0 fully saturated rings. The third kappa shape index (κ3) is 5.47. The van der Waals surface area contributed by atoms with Crippen LogP contribution in [0.25, 0.3) is 0 Å². The highest BCUT2D eigenvalue weighted by Crippen LogP contribution is 2.09. The zero-order chi connectivity index (χ0) is 12.6. The van der Waals surface area contributed by atoms with Crippen molar-refractivity contribution >= 4 is 5.91 Å². The van der Waals surface area contributed by atoms with Gasteiger partial charge in [-0.2, -0.15) is 0 Å². The normalized spacial score (nSPS) is 16.6. The summed E-state index contributed by atoms with van der Waals surface area (Å²) in [7, 11) is 1.64. The molecule has 16 heavy (non-hydrogen) atoms. The molecule has 0 aromatic heterocycles. The lowest BCUT2D eigenvalue weighted by Crippen LogP contribution is -2.54. The Balaban J connectivity index is 4.26. The second-order valence-electron chi connectivity index (χ2n) is 4.58. The van der Waals surface area contributed by atoms with Crippen LogP contribution in [0.1, 0.15) is 46.5 Å². The Morgan fingerprint density at radius 3 is 2.50 bits per heavy atom. The number of ether oxygens (including phenoxy) is 1. The SMILES string of the molecule is CCCC(COC)NC(=O)C(C)(N)CCC. The van der Waals surface area contributed by atoms with Crippen molar-refractivity contribution in [3.05, 3.63) is 0 Å². The van der Waals surface area contributed by atoms with Gasteiger partial charge >= 0.3 is 0 Å². The maximum Gasteiger partial charge on any atom is 0.240 e. The van der Waals surface area contributed by atoms with Crippen LogP contribution in [-0.2, 0) is 9.53 Å². The molecule has 2 unspecified atom stereocenters. The molecular formula is C12H26N2O2. The van der Waals surface area contributed by atoms with Crippen LogP contribution >= 0.6 is 0 Å². The highest BCUT2D eigenvalue weighted by molar-refractivity contribution is 5.85. The van der Waals surface area contributed by atoms with Crippen molar-refractivity contribution in [2.75, 3.05) is 13.7 Å². The van der Waals surface area contributed by atoms with Crippen molar-refractivity contribution in [2.24, 2.45) is 5.73 Å². The third-order valence-electron chi connectivity index (χ3n) is 2.63. The number of rotatable bonds is 8. The summed E-state index contributed by atoms with van der Waals surface area (Å²) in [5, 5.41) is 2.96. The Morgan fingerprint density at radius 1 is 1.44 bits per heavy atom. The molecule has 4 heteroatoms. The van der Waals surface area contributed by atoms with Gasteiger partial charge in [-0.05, 0) is 19.8 Å². The predicted octanol–water partition coefficient (Wildman–Crippen LogP) is 1.44. The van der Waals surface area contributed by atoms with Crippen molar-refractivity contribution < 1.29 is 9.53 Å². The van der Waals surface area contributed by atoms with Gasteiger partial charge in [-0.15, -0.1) is 0 Å². The molecule has 4 nitrogen and oxygen atoms in total. The molecule has 1 amide bonds. The van der Waals surface area contributed by atoms with Gasteiger partial charge in [0.2, 0.25) is 5.91 Å². The average molecular weight is 230 g/mol. The van der Waals surface area contributed by atoms with E-state index in [0.717, 1.165) is 19.3 Å². The van der Waals surface area contributed by atoms with Gasteiger partial charge in [-0.25, -0.2) is 0 Å².